The molecule has 2 heterocycles. The number of nitrogens with zero attached hydrogens (tertiary/aromatic N) is 2. The van der Waals surface area contributed by atoms with Crippen molar-refractivity contribution in [2.45, 2.75) is 6.92 Å². The van der Waals surface area contributed by atoms with Crippen molar-refractivity contribution in [3.05, 3.63) is 40.8 Å². The first-order valence-corrected chi connectivity index (χ1v) is 6.75. The third-order valence-corrected chi connectivity index (χ3v) is 3.61. The quantitative estimate of drug-likeness (QED) is 0.573. The molecule has 2 aromatic heterocycles. The lowest BCUT2D eigenvalue weighted by molar-refractivity contribution is 0.457. The van der Waals surface area contributed by atoms with Gasteiger partial charge in [-0.1, -0.05) is 0 Å². The monoisotopic (exact) mass is 308 g/mol. The zero-order valence-electron chi connectivity index (χ0n) is 10.9. The van der Waals surface area contributed by atoms with Crippen molar-refractivity contribution in [2.75, 3.05) is 5.43 Å². The largest absolute Gasteiger partial charge is 0.438 e. The van der Waals surface area contributed by atoms with Gasteiger partial charge in [-0.15, -0.1) is 11.3 Å². The van der Waals surface area contributed by atoms with Gasteiger partial charge in [0.2, 0.25) is 11.8 Å². The van der Waals surface area contributed by atoms with E-state index in [-0.39, 0.29) is 17.6 Å². The number of benzene rings is 1. The summed E-state index contributed by atoms with van der Waals surface area (Å²) in [6.45, 7) is 1.91. The maximum Gasteiger partial charge on any atom is 0.241 e. The Bertz CT molecular complexity index is 801. The number of nitrogens with two attached hydrogens (primary N) is 1. The first-order chi connectivity index (χ1) is 10.0. The predicted molar refractivity (Wildman–Crippen MR) is 76.4 cm³/mol. The number of thiophene rings is 1. The van der Waals surface area contributed by atoms with Gasteiger partial charge in [0.1, 0.15) is 22.2 Å². The molecule has 5 nitrogen and oxygen atoms in total. The lowest BCUT2D eigenvalue weighted by atomic mass is 10.3. The number of hydrogen-bond donors (Lipinski definition) is 2. The van der Waals surface area contributed by atoms with E-state index in [1.165, 1.54) is 11.3 Å². The fraction of sp³-hybridized carbons (Fsp3) is 0.0769. The van der Waals surface area contributed by atoms with Crippen LogP contribution in [0.5, 0.6) is 11.6 Å². The maximum absolute atomic E-state index is 13.2. The highest BCUT2D eigenvalue weighted by Gasteiger charge is 2.13. The van der Waals surface area contributed by atoms with Crippen LogP contribution in [0.15, 0.2) is 24.3 Å². The van der Waals surface area contributed by atoms with E-state index in [0.717, 1.165) is 23.1 Å². The van der Waals surface area contributed by atoms with Crippen LogP contribution in [0.25, 0.3) is 10.2 Å². The van der Waals surface area contributed by atoms with Crippen LogP contribution in [0.4, 0.5) is 14.7 Å². The van der Waals surface area contributed by atoms with Gasteiger partial charge in [0, 0.05) is 23.1 Å². The van der Waals surface area contributed by atoms with Gasteiger partial charge in [-0.3, -0.25) is 5.43 Å². The molecule has 0 atom stereocenters. The van der Waals surface area contributed by atoms with Crippen LogP contribution in [-0.4, -0.2) is 9.97 Å². The fourth-order valence-corrected chi connectivity index (χ4v) is 2.73. The Labute approximate surface area is 122 Å². The highest BCUT2D eigenvalue weighted by molar-refractivity contribution is 7.18. The normalized spacial score (nSPS) is 10.9. The fourth-order valence-electron chi connectivity index (χ4n) is 1.86. The number of ether oxygens (including phenoxy) is 1. The lowest BCUT2D eigenvalue weighted by Gasteiger charge is -2.07. The molecule has 21 heavy (non-hydrogen) atoms. The van der Waals surface area contributed by atoms with Crippen molar-refractivity contribution >= 4 is 27.5 Å². The van der Waals surface area contributed by atoms with Crippen LogP contribution in [0.1, 0.15) is 4.88 Å². The molecule has 0 radical (unpaired) electrons. The molecule has 1 aromatic carbocycles. The van der Waals surface area contributed by atoms with Crippen molar-refractivity contribution < 1.29 is 13.5 Å². The Morgan fingerprint density at radius 1 is 1.14 bits per heavy atom. The van der Waals surface area contributed by atoms with E-state index in [1.54, 1.807) is 0 Å². The first kappa shape index (κ1) is 13.7. The highest BCUT2D eigenvalue weighted by atomic mass is 32.1. The molecule has 8 heteroatoms. The zero-order chi connectivity index (χ0) is 15.0. The van der Waals surface area contributed by atoms with Crippen molar-refractivity contribution in [1.29, 1.82) is 0 Å². The molecule has 0 amide bonds. The Morgan fingerprint density at radius 2 is 1.86 bits per heavy atom. The zero-order valence-corrected chi connectivity index (χ0v) is 11.7. The van der Waals surface area contributed by atoms with Gasteiger partial charge < -0.3 is 4.74 Å². The Kier molecular flexibility index (Phi) is 3.40. The van der Waals surface area contributed by atoms with Gasteiger partial charge >= 0.3 is 0 Å². The summed E-state index contributed by atoms with van der Waals surface area (Å²) in [7, 11) is 0. The second kappa shape index (κ2) is 5.23. The van der Waals surface area contributed by atoms with E-state index in [9.17, 15) is 8.78 Å². The molecule has 3 aromatic rings. The van der Waals surface area contributed by atoms with Gasteiger partial charge in [0.25, 0.3) is 0 Å². The van der Waals surface area contributed by atoms with Crippen LogP contribution in [0.2, 0.25) is 0 Å². The van der Waals surface area contributed by atoms with Gasteiger partial charge in [0.05, 0.1) is 5.39 Å². The maximum atomic E-state index is 13.2. The van der Waals surface area contributed by atoms with Crippen LogP contribution in [0.3, 0.4) is 0 Å². The molecule has 0 unspecified atom stereocenters. The van der Waals surface area contributed by atoms with Crippen LogP contribution in [-0.2, 0) is 0 Å². The van der Waals surface area contributed by atoms with Crippen molar-refractivity contribution in [3.63, 3.8) is 0 Å². The van der Waals surface area contributed by atoms with E-state index < -0.39 is 11.6 Å². The first-order valence-electron chi connectivity index (χ1n) is 5.94. The summed E-state index contributed by atoms with van der Waals surface area (Å²) in [4.78, 5) is 9.95. The summed E-state index contributed by atoms with van der Waals surface area (Å²) < 4.78 is 31.9. The van der Waals surface area contributed by atoms with Crippen molar-refractivity contribution in [3.8, 4) is 11.6 Å². The van der Waals surface area contributed by atoms with Gasteiger partial charge in [0.15, 0.2) is 0 Å². The summed E-state index contributed by atoms with van der Waals surface area (Å²) >= 11 is 1.44. The lowest BCUT2D eigenvalue weighted by Crippen LogP contribution is -2.10. The topological polar surface area (TPSA) is 73.1 Å². The van der Waals surface area contributed by atoms with Crippen molar-refractivity contribution in [2.24, 2.45) is 5.84 Å². The van der Waals surface area contributed by atoms with Gasteiger partial charge in [-0.05, 0) is 13.0 Å². The predicted octanol–water partition coefficient (Wildman–Crippen LogP) is 3.36. The van der Waals surface area contributed by atoms with Gasteiger partial charge in [-0.2, -0.15) is 4.98 Å². The molecule has 0 spiro atoms. The Morgan fingerprint density at radius 3 is 2.52 bits per heavy atom. The summed E-state index contributed by atoms with van der Waals surface area (Å²) in [5.74, 6) is 4.22. The molecule has 0 saturated carbocycles. The van der Waals surface area contributed by atoms with Gasteiger partial charge in [-0.25, -0.2) is 19.6 Å². The summed E-state index contributed by atoms with van der Waals surface area (Å²) in [6.07, 6.45) is 0. The molecule has 0 fully saturated rings. The molecule has 3 rings (SSSR count). The Balaban J connectivity index is 2.10. The van der Waals surface area contributed by atoms with E-state index >= 15 is 0 Å². The van der Waals surface area contributed by atoms with Crippen LogP contribution >= 0.6 is 11.3 Å². The standard InChI is InChI=1S/C13H10F2N4OS/c1-6-2-10-11(17-13(19-16)18-12(10)21-6)20-9-4-7(14)3-8(15)5-9/h2-5H,16H2,1H3,(H,17,18,19). The number of hydrogen-bond acceptors (Lipinski definition) is 6. The van der Waals surface area contributed by atoms with E-state index in [2.05, 4.69) is 15.4 Å². The second-order valence-corrected chi connectivity index (χ2v) is 5.51. The van der Waals surface area contributed by atoms with Crippen LogP contribution in [0, 0.1) is 18.6 Å². The number of hydrazine groups is 1. The van der Waals surface area contributed by atoms with E-state index in [0.29, 0.717) is 10.2 Å². The molecular weight excluding hydrogens is 298 g/mol. The molecule has 108 valence electrons. The average Bonchev–Trinajstić information content (AvgIpc) is 2.78. The molecule has 0 saturated heterocycles. The second-order valence-electron chi connectivity index (χ2n) is 4.28. The van der Waals surface area contributed by atoms with Crippen molar-refractivity contribution in [1.82, 2.24) is 9.97 Å². The minimum atomic E-state index is -0.728. The number of fused-ring (bicyclic) bond motifs is 1. The number of halogens is 2. The SMILES string of the molecule is Cc1cc2c(Oc3cc(F)cc(F)c3)nc(NN)nc2s1. The molecule has 0 bridgehead atoms. The third kappa shape index (κ3) is 2.76. The molecule has 0 aliphatic heterocycles. The highest BCUT2D eigenvalue weighted by Crippen LogP contribution is 2.33. The Hall–Kier alpha value is -2.32. The minimum absolute atomic E-state index is 0.0133. The number of rotatable bonds is 3. The number of aryl methyl sites for hydroxylation is 1. The summed E-state index contributed by atoms with van der Waals surface area (Å²) in [6, 6.07) is 4.76. The van der Waals surface area contributed by atoms with Crippen LogP contribution < -0.4 is 16.0 Å². The smallest absolute Gasteiger partial charge is 0.241 e. The van der Waals surface area contributed by atoms with E-state index in [4.69, 9.17) is 10.6 Å². The number of anilines is 1. The van der Waals surface area contributed by atoms with E-state index in [1.807, 2.05) is 13.0 Å². The number of nitrogen functional groups attached to an aromatic ring is 1. The molecule has 0 aliphatic carbocycles. The molecule has 0 aliphatic rings. The molecule has 3 N–H and O–H groups in total. The number of nitrogens with one attached hydrogen (secondary N) is 1. The molecular formula is C13H10F2N4OS. The minimum Gasteiger partial charge on any atom is -0.438 e. The summed E-state index contributed by atoms with van der Waals surface area (Å²) in [5, 5.41) is 0.654. The summed E-state index contributed by atoms with van der Waals surface area (Å²) in [5.41, 5.74) is 2.33. The average molecular weight is 308 g/mol. The number of aromatic nitrogens is 2. The third-order valence-electron chi connectivity index (χ3n) is 2.66.